The van der Waals surface area contributed by atoms with Gasteiger partial charge < -0.3 is 10.2 Å². The van der Waals surface area contributed by atoms with Crippen molar-refractivity contribution in [1.82, 2.24) is 14.9 Å². The molecular formula is C13H15F3N4O3S. The number of hydrogen-bond donors (Lipinski definition) is 3. The van der Waals surface area contributed by atoms with Crippen molar-refractivity contribution in [2.45, 2.75) is 42.9 Å². The van der Waals surface area contributed by atoms with Crippen LogP contribution in [0.5, 0.6) is 0 Å². The van der Waals surface area contributed by atoms with Crippen LogP contribution in [0.2, 0.25) is 0 Å². The van der Waals surface area contributed by atoms with E-state index >= 15 is 0 Å². The van der Waals surface area contributed by atoms with Gasteiger partial charge in [-0.05, 0) is 25.8 Å². The molecule has 0 saturated heterocycles. The number of aromatic nitrogens is 2. The zero-order valence-corrected chi connectivity index (χ0v) is 13.3. The molecule has 0 bridgehead atoms. The summed E-state index contributed by atoms with van der Waals surface area (Å²) < 4.78 is 70.3. The molecule has 0 radical (unpaired) electrons. The molecule has 24 heavy (non-hydrogen) atoms. The molecule has 1 aliphatic rings. The van der Waals surface area contributed by atoms with Gasteiger partial charge in [-0.2, -0.15) is 18.3 Å². The Balaban J connectivity index is 1.88. The Bertz CT molecular complexity index is 856. The highest BCUT2D eigenvalue weighted by atomic mass is 32.2. The number of aromatic amines is 1. The molecule has 0 unspecified atom stereocenters. The lowest BCUT2D eigenvalue weighted by molar-refractivity contribution is -0.141. The smallest absolute Gasteiger partial charge is 0.432 e. The number of alkyl halides is 3. The van der Waals surface area contributed by atoms with Crippen molar-refractivity contribution < 1.29 is 26.0 Å². The summed E-state index contributed by atoms with van der Waals surface area (Å²) >= 11 is 0. The van der Waals surface area contributed by atoms with E-state index in [2.05, 4.69) is 9.82 Å². The van der Waals surface area contributed by atoms with Crippen molar-refractivity contribution in [3.8, 4) is 11.5 Å². The number of hydrogen-bond acceptors (Lipinski definition) is 5. The molecule has 2 aromatic heterocycles. The van der Waals surface area contributed by atoms with Gasteiger partial charge in [-0.1, -0.05) is 0 Å². The molecule has 4 N–H and O–H groups in total. The van der Waals surface area contributed by atoms with Gasteiger partial charge in [-0.15, -0.1) is 0 Å². The molecule has 0 aliphatic heterocycles. The number of sulfonamides is 1. The third-order valence-electron chi connectivity index (χ3n) is 3.93. The van der Waals surface area contributed by atoms with Gasteiger partial charge in [0.15, 0.2) is 5.76 Å². The summed E-state index contributed by atoms with van der Waals surface area (Å²) in [4.78, 5) is -0.145. The van der Waals surface area contributed by atoms with Gasteiger partial charge in [0.2, 0.25) is 10.0 Å². The maximum atomic E-state index is 12.6. The second-order valence-corrected chi connectivity index (χ2v) is 7.35. The molecular weight excluding hydrogens is 349 g/mol. The van der Waals surface area contributed by atoms with E-state index in [1.54, 1.807) is 0 Å². The lowest BCUT2D eigenvalue weighted by Crippen LogP contribution is -2.54. The summed E-state index contributed by atoms with van der Waals surface area (Å²) in [6, 6.07) is 1.31. The first-order valence-electron chi connectivity index (χ1n) is 7.09. The molecule has 7 nitrogen and oxygen atoms in total. The van der Waals surface area contributed by atoms with Crippen LogP contribution < -0.4 is 10.5 Å². The average molecular weight is 364 g/mol. The lowest BCUT2D eigenvalue weighted by atomic mass is 9.88. The maximum absolute atomic E-state index is 12.6. The molecule has 2 atom stereocenters. The number of nitrogens with two attached hydrogens (primary N) is 1. The topological polar surface area (TPSA) is 114 Å². The number of nitrogens with one attached hydrogen (secondary N) is 2. The third-order valence-corrected chi connectivity index (χ3v) is 5.53. The van der Waals surface area contributed by atoms with E-state index in [0.717, 1.165) is 18.6 Å². The van der Waals surface area contributed by atoms with Crippen LogP contribution in [-0.4, -0.2) is 30.7 Å². The Labute approximate surface area is 135 Å². The van der Waals surface area contributed by atoms with E-state index in [4.69, 9.17) is 10.2 Å². The summed E-state index contributed by atoms with van der Waals surface area (Å²) in [5, 5.41) is 5.37. The monoisotopic (exact) mass is 364 g/mol. The fraction of sp³-hybridized carbons (Fsp3) is 0.462. The highest BCUT2D eigenvalue weighted by Crippen LogP contribution is 2.33. The molecule has 1 saturated carbocycles. The van der Waals surface area contributed by atoms with Crippen molar-refractivity contribution in [2.75, 3.05) is 0 Å². The number of halogens is 3. The fourth-order valence-electron chi connectivity index (χ4n) is 2.39. The Morgan fingerprint density at radius 2 is 2.08 bits per heavy atom. The van der Waals surface area contributed by atoms with Crippen LogP contribution in [0.15, 0.2) is 21.4 Å². The van der Waals surface area contributed by atoms with Crippen LogP contribution in [0, 0.1) is 6.92 Å². The highest BCUT2D eigenvalue weighted by Gasteiger charge is 2.35. The summed E-state index contributed by atoms with van der Waals surface area (Å²) in [5.41, 5.74) is 4.54. The first-order valence-corrected chi connectivity index (χ1v) is 8.57. The van der Waals surface area contributed by atoms with Gasteiger partial charge >= 0.3 is 6.18 Å². The van der Waals surface area contributed by atoms with Gasteiger partial charge in [0.05, 0.1) is 0 Å². The third kappa shape index (κ3) is 3.06. The first kappa shape index (κ1) is 17.0. The molecule has 11 heteroatoms. The second-order valence-electron chi connectivity index (χ2n) is 5.66. The highest BCUT2D eigenvalue weighted by molar-refractivity contribution is 7.89. The summed E-state index contributed by atoms with van der Waals surface area (Å²) in [6.07, 6.45) is -3.21. The van der Waals surface area contributed by atoms with E-state index in [-0.39, 0.29) is 34.2 Å². The summed E-state index contributed by atoms with van der Waals surface area (Å²) in [6.45, 7) is 1.41. The van der Waals surface area contributed by atoms with E-state index in [9.17, 15) is 21.6 Å². The van der Waals surface area contributed by atoms with Gasteiger partial charge in [0.1, 0.15) is 22.0 Å². The van der Waals surface area contributed by atoms with Crippen molar-refractivity contribution in [2.24, 2.45) is 5.73 Å². The van der Waals surface area contributed by atoms with Crippen LogP contribution in [-0.2, 0) is 16.2 Å². The van der Waals surface area contributed by atoms with Gasteiger partial charge in [-0.3, -0.25) is 5.10 Å². The number of furan rings is 1. The minimum atomic E-state index is -4.58. The minimum Gasteiger partial charge on any atom is -0.458 e. The Morgan fingerprint density at radius 1 is 1.38 bits per heavy atom. The second kappa shape index (κ2) is 5.60. The van der Waals surface area contributed by atoms with Crippen molar-refractivity contribution in [3.63, 3.8) is 0 Å². The Kier molecular flexibility index (Phi) is 3.97. The van der Waals surface area contributed by atoms with Crippen LogP contribution in [0.1, 0.15) is 24.3 Å². The molecule has 2 aromatic rings. The maximum Gasteiger partial charge on any atom is 0.432 e. The Morgan fingerprint density at radius 3 is 2.58 bits per heavy atom. The van der Waals surface area contributed by atoms with E-state index in [0.29, 0.717) is 6.42 Å². The van der Waals surface area contributed by atoms with Crippen molar-refractivity contribution >= 4 is 10.0 Å². The average Bonchev–Trinajstić information content (AvgIpc) is 3.09. The zero-order chi connectivity index (χ0) is 17.7. The van der Waals surface area contributed by atoms with Gasteiger partial charge in [0.25, 0.3) is 0 Å². The van der Waals surface area contributed by atoms with Crippen LogP contribution in [0.25, 0.3) is 11.5 Å². The normalized spacial score (nSPS) is 21.7. The number of nitrogens with zero attached hydrogens (tertiary/aromatic N) is 1. The molecule has 2 heterocycles. The van der Waals surface area contributed by atoms with Crippen molar-refractivity contribution in [3.05, 3.63) is 23.6 Å². The molecule has 0 spiro atoms. The molecule has 3 rings (SSSR count). The fourth-order valence-corrected chi connectivity index (χ4v) is 3.89. The predicted molar refractivity (Wildman–Crippen MR) is 77.3 cm³/mol. The number of rotatable bonds is 4. The number of H-pyrrole nitrogens is 1. The van der Waals surface area contributed by atoms with Gasteiger partial charge in [0, 0.05) is 18.2 Å². The predicted octanol–water partition coefficient (Wildman–Crippen LogP) is 1.76. The van der Waals surface area contributed by atoms with E-state index < -0.39 is 21.9 Å². The van der Waals surface area contributed by atoms with Crippen molar-refractivity contribution in [1.29, 1.82) is 0 Å². The molecule has 1 fully saturated rings. The summed E-state index contributed by atoms with van der Waals surface area (Å²) in [5.74, 6) is -0.0144. The van der Waals surface area contributed by atoms with Gasteiger partial charge in [-0.25, -0.2) is 13.1 Å². The van der Waals surface area contributed by atoms with Crippen LogP contribution in [0.4, 0.5) is 13.2 Å². The van der Waals surface area contributed by atoms with E-state index in [1.165, 1.54) is 6.92 Å². The molecule has 0 amide bonds. The first-order chi connectivity index (χ1) is 11.1. The molecule has 0 aromatic carbocycles. The Hall–Kier alpha value is -1.85. The minimum absolute atomic E-state index is 0.0574. The molecule has 1 aliphatic carbocycles. The number of aryl methyl sites for hydroxylation is 1. The van der Waals surface area contributed by atoms with Crippen LogP contribution >= 0.6 is 0 Å². The SMILES string of the molecule is Cc1oc(-c2cc(C(F)(F)F)[nH]n2)cc1S(=O)(=O)N[C@H]1CC[C@H]1N. The van der Waals surface area contributed by atoms with Crippen LogP contribution in [0.3, 0.4) is 0 Å². The van der Waals surface area contributed by atoms with E-state index in [1.807, 2.05) is 5.10 Å². The molecule has 132 valence electrons. The lowest BCUT2D eigenvalue weighted by Gasteiger charge is -2.33. The zero-order valence-electron chi connectivity index (χ0n) is 12.5. The quantitative estimate of drug-likeness (QED) is 0.765. The largest absolute Gasteiger partial charge is 0.458 e. The summed E-state index contributed by atoms with van der Waals surface area (Å²) in [7, 11) is -3.88. The standard InChI is InChI=1S/C13H15F3N4O3S/c1-6-11(24(21,22)20-8-3-2-7(8)17)5-10(23-6)9-4-12(19-18-9)13(14,15)16/h4-5,7-8,20H,2-3,17H2,1H3,(H,18,19)/t7-,8+/m1/s1.